The highest BCUT2D eigenvalue weighted by atomic mass is 16.6. The number of pyridine rings is 1. The van der Waals surface area contributed by atoms with Crippen LogP contribution in [0.4, 0.5) is 5.69 Å². The summed E-state index contributed by atoms with van der Waals surface area (Å²) in [5, 5.41) is 18.9. The molecule has 0 aliphatic carbocycles. The molecule has 2 heterocycles. The van der Waals surface area contributed by atoms with E-state index in [1.54, 1.807) is 24.3 Å². The molecule has 0 aliphatic rings. The zero-order valence-corrected chi connectivity index (χ0v) is 13.6. The highest BCUT2D eigenvalue weighted by molar-refractivity contribution is 6.06. The van der Waals surface area contributed by atoms with Gasteiger partial charge in [-0.2, -0.15) is 0 Å². The van der Waals surface area contributed by atoms with Crippen molar-refractivity contribution in [3.63, 3.8) is 0 Å². The van der Waals surface area contributed by atoms with E-state index in [2.05, 4.69) is 9.97 Å². The van der Waals surface area contributed by atoms with Crippen LogP contribution >= 0.6 is 0 Å². The number of nitro groups is 1. The summed E-state index contributed by atoms with van der Waals surface area (Å²) in [7, 11) is 1.39. The first-order valence-electron chi connectivity index (χ1n) is 7.39. The number of amides is 1. The number of para-hydroxylation sites is 1. The zero-order chi connectivity index (χ0) is 18.8. The molecule has 3 rings (SSSR count). The van der Waals surface area contributed by atoms with E-state index in [4.69, 9.17) is 15.9 Å². The predicted molar refractivity (Wildman–Crippen MR) is 93.3 cm³/mol. The Hall–Kier alpha value is -3.95. The number of benzene rings is 1. The van der Waals surface area contributed by atoms with Gasteiger partial charge in [0.25, 0.3) is 11.6 Å². The number of H-pyrrole nitrogens is 1. The molecule has 4 N–H and O–H groups in total. The van der Waals surface area contributed by atoms with Gasteiger partial charge in [0.1, 0.15) is 5.69 Å². The Kier molecular flexibility index (Phi) is 4.23. The Morgan fingerprint density at radius 3 is 2.85 bits per heavy atom. The molecule has 0 saturated heterocycles. The number of nitrogens with two attached hydrogens (primary N) is 1. The van der Waals surface area contributed by atoms with Gasteiger partial charge in [-0.25, -0.2) is 4.98 Å². The second-order valence-corrected chi connectivity index (χ2v) is 5.36. The van der Waals surface area contributed by atoms with Crippen molar-refractivity contribution in [3.8, 4) is 11.6 Å². The van der Waals surface area contributed by atoms with Crippen molar-refractivity contribution >= 4 is 28.5 Å². The highest BCUT2D eigenvalue weighted by Crippen LogP contribution is 2.30. The molecule has 3 aromatic rings. The van der Waals surface area contributed by atoms with Crippen molar-refractivity contribution in [2.24, 2.45) is 5.73 Å². The molecule has 0 radical (unpaired) electrons. The molecule has 0 atom stereocenters. The smallest absolute Gasteiger partial charge is 0.276 e. The molecule has 0 fully saturated rings. The maximum Gasteiger partial charge on any atom is 0.276 e. The van der Waals surface area contributed by atoms with Gasteiger partial charge in [0, 0.05) is 24.7 Å². The molecule has 10 heteroatoms. The molecule has 1 aromatic carbocycles. The number of aromatic nitrogens is 2. The molecule has 1 amide bonds. The van der Waals surface area contributed by atoms with Gasteiger partial charge in [0.05, 0.1) is 16.5 Å². The van der Waals surface area contributed by atoms with Crippen molar-refractivity contribution in [3.05, 3.63) is 58.4 Å². The fraction of sp³-hybridized carbons (Fsp3) is 0.0625. The van der Waals surface area contributed by atoms with Crippen molar-refractivity contribution in [1.82, 2.24) is 14.9 Å². The quantitative estimate of drug-likeness (QED) is 0.283. The van der Waals surface area contributed by atoms with E-state index >= 15 is 0 Å². The van der Waals surface area contributed by atoms with Gasteiger partial charge in [-0.05, 0) is 12.1 Å². The van der Waals surface area contributed by atoms with E-state index < -0.39 is 10.8 Å². The lowest BCUT2D eigenvalue weighted by molar-refractivity contribution is -0.385. The number of hydrogen-bond acceptors (Lipinski definition) is 6. The molecular weight excluding hydrogens is 340 g/mol. The minimum absolute atomic E-state index is 0.0510. The monoisotopic (exact) mass is 354 g/mol. The van der Waals surface area contributed by atoms with Gasteiger partial charge in [-0.1, -0.05) is 12.1 Å². The third-order valence-corrected chi connectivity index (χ3v) is 3.66. The van der Waals surface area contributed by atoms with Crippen LogP contribution in [0.3, 0.4) is 0 Å². The van der Waals surface area contributed by atoms with Crippen LogP contribution in [0, 0.1) is 15.5 Å². The first kappa shape index (κ1) is 16.9. The Labute approximate surface area is 146 Å². The molecule has 26 heavy (non-hydrogen) atoms. The maximum atomic E-state index is 12.3. The van der Waals surface area contributed by atoms with E-state index in [0.29, 0.717) is 16.7 Å². The Balaban J connectivity index is 1.97. The number of ether oxygens (including phenoxy) is 1. The third kappa shape index (κ3) is 3.15. The molecular formula is C16H14N6O4. The Morgan fingerprint density at radius 1 is 1.38 bits per heavy atom. The summed E-state index contributed by atoms with van der Waals surface area (Å²) in [5.41, 5.74) is 5.92. The minimum atomic E-state index is -0.544. The SMILES string of the molecule is CN(C(=N)N)C(=O)c1cc2cccc(Oc3cc([N+](=O)[O-])ccn3)c2[nH]1. The van der Waals surface area contributed by atoms with Crippen LogP contribution in [0.1, 0.15) is 10.5 Å². The van der Waals surface area contributed by atoms with Crippen LogP contribution in [-0.2, 0) is 0 Å². The van der Waals surface area contributed by atoms with Gasteiger partial charge < -0.3 is 15.5 Å². The number of carbonyl (C=O) groups excluding carboxylic acids is 1. The maximum absolute atomic E-state index is 12.3. The second-order valence-electron chi connectivity index (χ2n) is 5.36. The molecule has 0 saturated carbocycles. The first-order chi connectivity index (χ1) is 12.4. The van der Waals surface area contributed by atoms with E-state index in [1.165, 1.54) is 25.4 Å². The lowest BCUT2D eigenvalue weighted by Gasteiger charge is -2.12. The van der Waals surface area contributed by atoms with E-state index in [0.717, 1.165) is 4.90 Å². The standard InChI is InChI=1S/C16H14N6O4/c1-21(16(17)18)15(23)11-7-9-3-2-4-12(14(9)20-11)26-13-8-10(22(24)25)5-6-19-13/h2-8,20H,1H3,(H3,17,18). The normalized spacial score (nSPS) is 10.5. The highest BCUT2D eigenvalue weighted by Gasteiger charge is 2.18. The largest absolute Gasteiger partial charge is 0.437 e. The van der Waals surface area contributed by atoms with Gasteiger partial charge in [0.15, 0.2) is 11.7 Å². The van der Waals surface area contributed by atoms with Crippen LogP contribution in [0.15, 0.2) is 42.6 Å². The summed E-state index contributed by atoms with van der Waals surface area (Å²) in [6.07, 6.45) is 1.28. The van der Waals surface area contributed by atoms with Gasteiger partial charge in [-0.3, -0.25) is 25.2 Å². The number of aromatic amines is 1. The minimum Gasteiger partial charge on any atom is -0.437 e. The topological polar surface area (TPSA) is 151 Å². The van der Waals surface area contributed by atoms with Crippen LogP contribution in [0.5, 0.6) is 11.6 Å². The Morgan fingerprint density at radius 2 is 2.15 bits per heavy atom. The van der Waals surface area contributed by atoms with E-state index in [1.807, 2.05) is 0 Å². The average molecular weight is 354 g/mol. The number of nitrogens with one attached hydrogen (secondary N) is 2. The predicted octanol–water partition coefficient (Wildman–Crippen LogP) is 2.23. The van der Waals surface area contributed by atoms with Crippen LogP contribution in [0.2, 0.25) is 0 Å². The fourth-order valence-corrected chi connectivity index (χ4v) is 2.30. The van der Waals surface area contributed by atoms with Crippen LogP contribution in [0.25, 0.3) is 10.9 Å². The zero-order valence-electron chi connectivity index (χ0n) is 13.6. The molecule has 10 nitrogen and oxygen atoms in total. The lowest BCUT2D eigenvalue weighted by atomic mass is 10.2. The summed E-state index contributed by atoms with van der Waals surface area (Å²) in [4.78, 5) is 30.5. The second kappa shape index (κ2) is 6.51. The molecule has 0 spiro atoms. The summed E-state index contributed by atoms with van der Waals surface area (Å²) in [5.74, 6) is -0.464. The number of carbonyl (C=O) groups is 1. The summed E-state index contributed by atoms with van der Waals surface area (Å²) < 4.78 is 5.64. The average Bonchev–Trinajstić information content (AvgIpc) is 3.06. The van der Waals surface area contributed by atoms with Crippen molar-refractivity contribution in [2.45, 2.75) is 0 Å². The van der Waals surface area contributed by atoms with Crippen molar-refractivity contribution in [1.29, 1.82) is 5.41 Å². The third-order valence-electron chi connectivity index (χ3n) is 3.66. The lowest BCUT2D eigenvalue weighted by Crippen LogP contribution is -2.38. The van der Waals surface area contributed by atoms with Gasteiger partial charge >= 0.3 is 0 Å². The first-order valence-corrected chi connectivity index (χ1v) is 7.39. The number of hydrogen-bond donors (Lipinski definition) is 3. The van der Waals surface area contributed by atoms with Crippen molar-refractivity contribution in [2.75, 3.05) is 7.05 Å². The molecule has 0 unspecified atom stereocenters. The Bertz CT molecular complexity index is 1030. The number of nitrogens with zero attached hydrogens (tertiary/aromatic N) is 3. The number of fused-ring (bicyclic) bond motifs is 1. The summed E-state index contributed by atoms with van der Waals surface area (Å²) >= 11 is 0. The van der Waals surface area contributed by atoms with E-state index in [-0.39, 0.29) is 23.2 Å². The van der Waals surface area contributed by atoms with Crippen LogP contribution < -0.4 is 10.5 Å². The fourth-order valence-electron chi connectivity index (χ4n) is 2.30. The van der Waals surface area contributed by atoms with Crippen molar-refractivity contribution < 1.29 is 14.5 Å². The summed E-state index contributed by atoms with van der Waals surface area (Å²) in [6.45, 7) is 0. The van der Waals surface area contributed by atoms with E-state index in [9.17, 15) is 14.9 Å². The molecule has 132 valence electrons. The van der Waals surface area contributed by atoms with Gasteiger partial charge in [-0.15, -0.1) is 0 Å². The number of rotatable bonds is 4. The summed E-state index contributed by atoms with van der Waals surface area (Å²) in [6, 6.07) is 9.19. The molecule has 0 aliphatic heterocycles. The molecule has 2 aromatic heterocycles. The van der Waals surface area contributed by atoms with Crippen LogP contribution in [-0.4, -0.2) is 38.7 Å². The number of guanidine groups is 1. The van der Waals surface area contributed by atoms with Gasteiger partial charge in [0.2, 0.25) is 5.88 Å². The molecule has 0 bridgehead atoms.